The first-order valence-electron chi connectivity index (χ1n) is 7.74. The average Bonchev–Trinajstić information content (AvgIpc) is 3.18. The lowest BCUT2D eigenvalue weighted by Gasteiger charge is -2.30. The molecule has 0 aromatic carbocycles. The Balaban J connectivity index is 1.51. The van der Waals surface area contributed by atoms with Crippen molar-refractivity contribution in [2.45, 2.75) is 25.5 Å². The van der Waals surface area contributed by atoms with Crippen LogP contribution in [0.2, 0.25) is 0 Å². The van der Waals surface area contributed by atoms with E-state index in [0.717, 1.165) is 16.5 Å². The second-order valence-corrected chi connectivity index (χ2v) is 6.76. The lowest BCUT2D eigenvalue weighted by atomic mass is 10.1. The summed E-state index contributed by atoms with van der Waals surface area (Å²) in [5, 5.41) is 12.4. The maximum Gasteiger partial charge on any atom is 0.236 e. The van der Waals surface area contributed by atoms with Gasteiger partial charge in [0.05, 0.1) is 24.6 Å². The van der Waals surface area contributed by atoms with Crippen LogP contribution in [0.25, 0.3) is 10.8 Å². The van der Waals surface area contributed by atoms with Gasteiger partial charge in [-0.15, -0.1) is 11.3 Å². The number of thiazole rings is 1. The van der Waals surface area contributed by atoms with Crippen molar-refractivity contribution < 1.29 is 14.3 Å². The van der Waals surface area contributed by atoms with E-state index in [4.69, 9.17) is 4.42 Å². The molecule has 124 valence electrons. The van der Waals surface area contributed by atoms with Gasteiger partial charge < -0.3 is 14.4 Å². The molecular formula is C16H21N3O3S. The standard InChI is InChI=1S/C16H21N3O3S/c1-18(10-15(21)19-6-4-13(20)5-7-19)9-12-11-23-16(17-12)14-3-2-8-22-14/h2-3,8,11,13,20H,4-7,9-10H2,1H3. The summed E-state index contributed by atoms with van der Waals surface area (Å²) in [7, 11) is 1.92. The number of aliphatic hydroxyl groups is 1. The fourth-order valence-corrected chi connectivity index (χ4v) is 3.45. The van der Waals surface area contributed by atoms with Crippen molar-refractivity contribution in [3.05, 3.63) is 29.5 Å². The summed E-state index contributed by atoms with van der Waals surface area (Å²) in [6.07, 6.45) is 2.73. The van der Waals surface area contributed by atoms with Crippen LogP contribution in [0.15, 0.2) is 28.2 Å². The van der Waals surface area contributed by atoms with Crippen LogP contribution in [0.5, 0.6) is 0 Å². The second-order valence-electron chi connectivity index (χ2n) is 5.91. The minimum absolute atomic E-state index is 0.112. The molecule has 0 atom stereocenters. The highest BCUT2D eigenvalue weighted by Crippen LogP contribution is 2.24. The minimum atomic E-state index is -0.258. The lowest BCUT2D eigenvalue weighted by Crippen LogP contribution is -2.44. The Hall–Kier alpha value is -1.70. The highest BCUT2D eigenvalue weighted by molar-refractivity contribution is 7.13. The molecular weight excluding hydrogens is 314 g/mol. The fraction of sp³-hybridized carbons (Fsp3) is 0.500. The monoisotopic (exact) mass is 335 g/mol. The SMILES string of the molecule is CN(CC(=O)N1CCC(O)CC1)Cc1csc(-c2ccco2)n1. The van der Waals surface area contributed by atoms with Crippen molar-refractivity contribution in [1.29, 1.82) is 0 Å². The largest absolute Gasteiger partial charge is 0.462 e. The number of likely N-dealkylation sites (N-methyl/N-ethyl adjacent to an activating group) is 1. The molecule has 23 heavy (non-hydrogen) atoms. The highest BCUT2D eigenvalue weighted by Gasteiger charge is 2.22. The summed E-state index contributed by atoms with van der Waals surface area (Å²) in [6, 6.07) is 3.73. The van der Waals surface area contributed by atoms with Crippen LogP contribution in [-0.4, -0.2) is 58.6 Å². The molecule has 7 heteroatoms. The van der Waals surface area contributed by atoms with Crippen LogP contribution >= 0.6 is 11.3 Å². The van der Waals surface area contributed by atoms with Crippen molar-refractivity contribution in [3.63, 3.8) is 0 Å². The predicted octanol–water partition coefficient (Wildman–Crippen LogP) is 1.82. The molecule has 1 fully saturated rings. The van der Waals surface area contributed by atoms with Gasteiger partial charge in [-0.1, -0.05) is 0 Å². The van der Waals surface area contributed by atoms with Crippen LogP contribution in [0, 0.1) is 0 Å². The molecule has 3 rings (SSSR count). The molecule has 3 heterocycles. The Morgan fingerprint density at radius 2 is 2.30 bits per heavy atom. The first-order valence-corrected chi connectivity index (χ1v) is 8.62. The maximum absolute atomic E-state index is 12.3. The molecule has 1 saturated heterocycles. The Morgan fingerprint density at radius 3 is 3.00 bits per heavy atom. The van der Waals surface area contributed by atoms with E-state index in [2.05, 4.69) is 4.98 Å². The summed E-state index contributed by atoms with van der Waals surface area (Å²) in [6.45, 7) is 2.28. The molecule has 0 radical (unpaired) electrons. The molecule has 0 bridgehead atoms. The molecule has 0 aliphatic carbocycles. The van der Waals surface area contributed by atoms with Gasteiger partial charge in [0.2, 0.25) is 5.91 Å². The number of hydrogen-bond donors (Lipinski definition) is 1. The van der Waals surface area contributed by atoms with Crippen LogP contribution in [0.4, 0.5) is 0 Å². The van der Waals surface area contributed by atoms with Gasteiger partial charge in [-0.2, -0.15) is 0 Å². The quantitative estimate of drug-likeness (QED) is 0.902. The van der Waals surface area contributed by atoms with Gasteiger partial charge in [0, 0.05) is 25.0 Å². The first-order chi connectivity index (χ1) is 11.1. The molecule has 1 aliphatic heterocycles. The number of likely N-dealkylation sites (tertiary alicyclic amines) is 1. The van der Waals surface area contributed by atoms with E-state index < -0.39 is 0 Å². The lowest BCUT2D eigenvalue weighted by molar-refractivity contribution is -0.134. The van der Waals surface area contributed by atoms with Gasteiger partial charge in [-0.25, -0.2) is 4.98 Å². The first kappa shape index (κ1) is 16.2. The van der Waals surface area contributed by atoms with Crippen molar-refractivity contribution in [1.82, 2.24) is 14.8 Å². The second kappa shape index (κ2) is 7.25. The average molecular weight is 335 g/mol. The van der Waals surface area contributed by atoms with Crippen LogP contribution in [-0.2, 0) is 11.3 Å². The van der Waals surface area contributed by atoms with Gasteiger partial charge in [0.15, 0.2) is 10.8 Å². The number of nitrogens with zero attached hydrogens (tertiary/aromatic N) is 3. The summed E-state index contributed by atoms with van der Waals surface area (Å²) in [5.41, 5.74) is 0.936. The molecule has 0 unspecified atom stereocenters. The van der Waals surface area contributed by atoms with E-state index in [1.165, 1.54) is 0 Å². The summed E-state index contributed by atoms with van der Waals surface area (Å²) < 4.78 is 5.34. The normalized spacial score (nSPS) is 16.2. The third kappa shape index (κ3) is 4.19. The van der Waals surface area contributed by atoms with Gasteiger partial charge >= 0.3 is 0 Å². The van der Waals surface area contributed by atoms with Gasteiger partial charge in [-0.3, -0.25) is 9.69 Å². The van der Waals surface area contributed by atoms with E-state index in [9.17, 15) is 9.90 Å². The number of rotatable bonds is 5. The Kier molecular flexibility index (Phi) is 5.09. The molecule has 6 nitrogen and oxygen atoms in total. The Bertz CT molecular complexity index is 633. The number of piperidine rings is 1. The summed E-state index contributed by atoms with van der Waals surface area (Å²) >= 11 is 1.54. The molecule has 2 aromatic heterocycles. The van der Waals surface area contributed by atoms with Crippen LogP contribution in [0.1, 0.15) is 18.5 Å². The zero-order valence-electron chi connectivity index (χ0n) is 13.1. The fourth-order valence-electron chi connectivity index (χ4n) is 2.67. The number of aromatic nitrogens is 1. The van der Waals surface area contributed by atoms with Crippen molar-refractivity contribution in [2.24, 2.45) is 0 Å². The van der Waals surface area contributed by atoms with E-state index in [0.29, 0.717) is 39.0 Å². The molecule has 1 amide bonds. The molecule has 2 aromatic rings. The van der Waals surface area contributed by atoms with Crippen LogP contribution in [0.3, 0.4) is 0 Å². The third-order valence-corrected chi connectivity index (χ3v) is 4.84. The predicted molar refractivity (Wildman–Crippen MR) is 88.0 cm³/mol. The number of carbonyl (C=O) groups is 1. The van der Waals surface area contributed by atoms with Crippen molar-refractivity contribution >= 4 is 17.2 Å². The maximum atomic E-state index is 12.3. The number of carbonyl (C=O) groups excluding carboxylic acids is 1. The highest BCUT2D eigenvalue weighted by atomic mass is 32.1. The van der Waals surface area contributed by atoms with Crippen molar-refractivity contribution in [3.8, 4) is 10.8 Å². The number of hydrogen-bond acceptors (Lipinski definition) is 6. The van der Waals surface area contributed by atoms with Gasteiger partial charge in [-0.05, 0) is 32.0 Å². The smallest absolute Gasteiger partial charge is 0.236 e. The van der Waals surface area contributed by atoms with Crippen molar-refractivity contribution in [2.75, 3.05) is 26.7 Å². The molecule has 1 N–H and O–H groups in total. The number of furan rings is 1. The third-order valence-electron chi connectivity index (χ3n) is 3.94. The van der Waals surface area contributed by atoms with E-state index >= 15 is 0 Å². The minimum Gasteiger partial charge on any atom is -0.462 e. The Labute approximate surface area is 139 Å². The topological polar surface area (TPSA) is 69.8 Å². The Morgan fingerprint density at radius 1 is 1.52 bits per heavy atom. The zero-order valence-corrected chi connectivity index (χ0v) is 14.0. The van der Waals surface area contributed by atoms with E-state index in [1.807, 2.05) is 34.4 Å². The van der Waals surface area contributed by atoms with E-state index in [1.54, 1.807) is 17.6 Å². The molecule has 1 aliphatic rings. The molecule has 0 spiro atoms. The summed E-state index contributed by atoms with van der Waals surface area (Å²) in [5.74, 6) is 0.882. The number of aliphatic hydroxyl groups excluding tert-OH is 1. The zero-order chi connectivity index (χ0) is 16.2. The summed E-state index contributed by atoms with van der Waals surface area (Å²) in [4.78, 5) is 20.6. The van der Waals surface area contributed by atoms with Crippen LogP contribution < -0.4 is 0 Å². The van der Waals surface area contributed by atoms with Gasteiger partial charge in [0.1, 0.15) is 0 Å². The van der Waals surface area contributed by atoms with E-state index in [-0.39, 0.29) is 12.0 Å². The number of amides is 1. The van der Waals surface area contributed by atoms with Gasteiger partial charge in [0.25, 0.3) is 0 Å². The molecule has 0 saturated carbocycles.